The van der Waals surface area contributed by atoms with Crippen LogP contribution in [0.5, 0.6) is 0 Å². The van der Waals surface area contributed by atoms with E-state index >= 15 is 0 Å². The number of nitrogen functional groups attached to an aromatic ring is 1. The summed E-state index contributed by atoms with van der Waals surface area (Å²) >= 11 is 0. The fourth-order valence-corrected chi connectivity index (χ4v) is 3.26. The molecule has 1 heterocycles. The molecule has 1 aromatic carbocycles. The van der Waals surface area contributed by atoms with Gasteiger partial charge in [0.1, 0.15) is 0 Å². The first kappa shape index (κ1) is 14.0. The average Bonchev–Trinajstić information content (AvgIpc) is 2.90. The fraction of sp³-hybridized carbons (Fsp3) is 0.562. The minimum absolute atomic E-state index is 0.311. The van der Waals surface area contributed by atoms with Gasteiger partial charge >= 0.3 is 0 Å². The van der Waals surface area contributed by atoms with Gasteiger partial charge < -0.3 is 5.73 Å². The Morgan fingerprint density at radius 3 is 2.71 bits per heavy atom. The number of anilines is 1. The van der Waals surface area contributed by atoms with E-state index in [0.29, 0.717) is 5.41 Å². The number of nitrogens with two attached hydrogens (primary N) is 1. The van der Waals surface area contributed by atoms with Crippen molar-refractivity contribution in [2.75, 3.05) is 5.73 Å². The summed E-state index contributed by atoms with van der Waals surface area (Å²) in [6.07, 6.45) is 6.50. The second kappa shape index (κ2) is 5.47. The zero-order valence-electron chi connectivity index (χ0n) is 12.8. The molecule has 0 amide bonds. The van der Waals surface area contributed by atoms with Crippen molar-refractivity contribution < 1.29 is 0 Å². The van der Waals surface area contributed by atoms with Gasteiger partial charge in [-0.25, -0.2) is 4.68 Å². The maximum Gasteiger partial charge on any atom is 0.182 e. The maximum absolute atomic E-state index is 5.89. The molecule has 0 unspecified atom stereocenters. The summed E-state index contributed by atoms with van der Waals surface area (Å²) < 4.78 is 1.95. The van der Waals surface area contributed by atoms with Gasteiger partial charge in [-0.2, -0.15) is 0 Å². The van der Waals surface area contributed by atoms with E-state index in [4.69, 9.17) is 5.73 Å². The van der Waals surface area contributed by atoms with E-state index in [1.165, 1.54) is 32.1 Å². The number of aryl methyl sites for hydroxylation is 1. The number of rotatable bonds is 3. The first-order valence-corrected chi connectivity index (χ1v) is 7.70. The highest BCUT2D eigenvalue weighted by Crippen LogP contribution is 2.37. The Labute approximate surface area is 125 Å². The monoisotopic (exact) mass is 285 g/mol. The van der Waals surface area contributed by atoms with Gasteiger partial charge in [-0.05, 0) is 59.4 Å². The van der Waals surface area contributed by atoms with Crippen molar-refractivity contribution in [2.24, 2.45) is 5.41 Å². The molecule has 5 heteroatoms. The van der Waals surface area contributed by atoms with Crippen LogP contribution in [0, 0.1) is 12.3 Å². The van der Waals surface area contributed by atoms with E-state index in [0.717, 1.165) is 29.2 Å². The molecule has 0 saturated heterocycles. The number of hydrogen-bond acceptors (Lipinski definition) is 4. The van der Waals surface area contributed by atoms with Crippen molar-refractivity contribution in [3.8, 4) is 11.4 Å². The summed E-state index contributed by atoms with van der Waals surface area (Å²) in [5.74, 6) is 0.838. The fourth-order valence-electron chi connectivity index (χ4n) is 3.26. The second-order valence-electron chi connectivity index (χ2n) is 6.60. The number of nitrogens with zero attached hydrogens (tertiary/aromatic N) is 4. The first-order chi connectivity index (χ1) is 10.1. The third-order valence-corrected chi connectivity index (χ3v) is 4.65. The summed E-state index contributed by atoms with van der Waals surface area (Å²) in [6.45, 7) is 5.25. The summed E-state index contributed by atoms with van der Waals surface area (Å²) in [5, 5.41) is 12.3. The largest absolute Gasteiger partial charge is 0.399 e. The minimum atomic E-state index is 0.311. The van der Waals surface area contributed by atoms with E-state index in [2.05, 4.69) is 28.5 Å². The minimum Gasteiger partial charge on any atom is -0.399 e. The molecule has 21 heavy (non-hydrogen) atoms. The van der Waals surface area contributed by atoms with Crippen molar-refractivity contribution >= 4 is 5.69 Å². The van der Waals surface area contributed by atoms with Crippen molar-refractivity contribution in [3.05, 3.63) is 23.8 Å². The van der Waals surface area contributed by atoms with Crippen LogP contribution in [0.3, 0.4) is 0 Å². The molecule has 0 bridgehead atoms. The predicted molar refractivity (Wildman–Crippen MR) is 83.6 cm³/mol. The number of tetrazole rings is 1. The molecule has 0 spiro atoms. The van der Waals surface area contributed by atoms with E-state index < -0.39 is 0 Å². The lowest BCUT2D eigenvalue weighted by Gasteiger charge is -2.33. The molecule has 1 aliphatic carbocycles. The molecule has 5 nitrogen and oxygen atoms in total. The second-order valence-corrected chi connectivity index (χ2v) is 6.60. The van der Waals surface area contributed by atoms with E-state index in [1.807, 2.05) is 23.7 Å². The van der Waals surface area contributed by atoms with Crippen LogP contribution in [-0.2, 0) is 6.54 Å². The van der Waals surface area contributed by atoms with Gasteiger partial charge in [0.2, 0.25) is 0 Å². The lowest BCUT2D eigenvalue weighted by Crippen LogP contribution is -2.27. The van der Waals surface area contributed by atoms with Crippen LogP contribution in [-0.4, -0.2) is 20.2 Å². The molecule has 2 aromatic rings. The lowest BCUT2D eigenvalue weighted by atomic mass is 9.76. The third-order valence-electron chi connectivity index (χ3n) is 4.65. The standard InChI is InChI=1S/C16H23N5/c1-12-10-13(6-7-14(12)17)15-18-19-20-21(15)11-16(2)8-4-3-5-9-16/h6-7,10H,3-5,8-9,11,17H2,1-2H3. The van der Waals surface area contributed by atoms with E-state index in [-0.39, 0.29) is 0 Å². The van der Waals surface area contributed by atoms with Crippen molar-refractivity contribution in [2.45, 2.75) is 52.5 Å². The van der Waals surface area contributed by atoms with E-state index in [9.17, 15) is 0 Å². The predicted octanol–water partition coefficient (Wildman–Crippen LogP) is 3.20. The van der Waals surface area contributed by atoms with Crippen LogP contribution in [0.1, 0.15) is 44.6 Å². The van der Waals surface area contributed by atoms with Crippen LogP contribution < -0.4 is 5.73 Å². The van der Waals surface area contributed by atoms with Gasteiger partial charge in [0.15, 0.2) is 5.82 Å². The van der Waals surface area contributed by atoms with Crippen molar-refractivity contribution in [1.82, 2.24) is 20.2 Å². The van der Waals surface area contributed by atoms with E-state index in [1.54, 1.807) is 0 Å². The Bertz CT molecular complexity index is 625. The summed E-state index contributed by atoms with van der Waals surface area (Å²) in [5.41, 5.74) is 9.10. The molecule has 112 valence electrons. The van der Waals surface area contributed by atoms with Crippen LogP contribution in [0.2, 0.25) is 0 Å². The molecule has 1 saturated carbocycles. The Hall–Kier alpha value is -1.91. The van der Waals surface area contributed by atoms with Crippen molar-refractivity contribution in [3.63, 3.8) is 0 Å². The molecule has 2 N–H and O–H groups in total. The Kier molecular flexibility index (Phi) is 3.66. The molecule has 1 aliphatic rings. The summed E-state index contributed by atoms with van der Waals surface area (Å²) in [4.78, 5) is 0. The quantitative estimate of drug-likeness (QED) is 0.879. The Balaban J connectivity index is 1.88. The summed E-state index contributed by atoms with van der Waals surface area (Å²) in [6, 6.07) is 5.97. The average molecular weight is 285 g/mol. The Morgan fingerprint density at radius 2 is 2.00 bits per heavy atom. The SMILES string of the molecule is Cc1cc(-c2nnnn2CC2(C)CCCCC2)ccc1N. The highest BCUT2D eigenvalue weighted by atomic mass is 15.5. The number of benzene rings is 1. The molecule has 1 aromatic heterocycles. The Morgan fingerprint density at radius 1 is 1.24 bits per heavy atom. The smallest absolute Gasteiger partial charge is 0.182 e. The molecule has 0 atom stereocenters. The molecular formula is C16H23N5. The van der Waals surface area contributed by atoms with Crippen molar-refractivity contribution in [1.29, 1.82) is 0 Å². The normalized spacial score (nSPS) is 17.8. The highest BCUT2D eigenvalue weighted by molar-refractivity contribution is 5.61. The molecule has 1 fully saturated rings. The van der Waals surface area contributed by atoms with Crippen LogP contribution in [0.25, 0.3) is 11.4 Å². The van der Waals surface area contributed by atoms with Gasteiger partial charge in [0.05, 0.1) is 6.54 Å². The number of aromatic nitrogens is 4. The van der Waals surface area contributed by atoms with Gasteiger partial charge in [-0.3, -0.25) is 0 Å². The maximum atomic E-state index is 5.89. The topological polar surface area (TPSA) is 69.6 Å². The third kappa shape index (κ3) is 2.91. The van der Waals surface area contributed by atoms with Gasteiger partial charge in [0.25, 0.3) is 0 Å². The van der Waals surface area contributed by atoms with Crippen LogP contribution in [0.4, 0.5) is 5.69 Å². The molecule has 0 aliphatic heterocycles. The first-order valence-electron chi connectivity index (χ1n) is 7.70. The zero-order chi connectivity index (χ0) is 14.9. The van der Waals surface area contributed by atoms with Gasteiger partial charge in [-0.1, -0.05) is 26.2 Å². The highest BCUT2D eigenvalue weighted by Gasteiger charge is 2.29. The van der Waals surface area contributed by atoms with Crippen LogP contribution >= 0.6 is 0 Å². The molecule has 3 rings (SSSR count). The van der Waals surface area contributed by atoms with Crippen LogP contribution in [0.15, 0.2) is 18.2 Å². The van der Waals surface area contributed by atoms with Gasteiger partial charge in [0, 0.05) is 11.3 Å². The number of hydrogen-bond donors (Lipinski definition) is 1. The lowest BCUT2D eigenvalue weighted by molar-refractivity contribution is 0.175. The molecular weight excluding hydrogens is 262 g/mol. The zero-order valence-corrected chi connectivity index (χ0v) is 12.8. The van der Waals surface area contributed by atoms with Gasteiger partial charge in [-0.15, -0.1) is 5.10 Å². The molecule has 0 radical (unpaired) electrons. The summed E-state index contributed by atoms with van der Waals surface area (Å²) in [7, 11) is 0.